The van der Waals surface area contributed by atoms with Gasteiger partial charge in [-0.1, -0.05) is 22.0 Å². The van der Waals surface area contributed by atoms with Crippen LogP contribution in [0.15, 0.2) is 22.7 Å². The molecule has 1 unspecified atom stereocenters. The number of benzene rings is 1. The second-order valence-corrected chi connectivity index (χ2v) is 6.67. The lowest BCUT2D eigenvalue weighted by molar-refractivity contribution is 0.371. The van der Waals surface area contributed by atoms with Gasteiger partial charge in [0.1, 0.15) is 5.82 Å². The Balaban J connectivity index is 1.70. The fourth-order valence-corrected chi connectivity index (χ4v) is 3.13. The zero-order valence-electron chi connectivity index (χ0n) is 10.6. The third-order valence-electron chi connectivity index (χ3n) is 4.13. The van der Waals surface area contributed by atoms with E-state index in [4.69, 9.17) is 0 Å². The summed E-state index contributed by atoms with van der Waals surface area (Å²) in [4.78, 5) is 0. The summed E-state index contributed by atoms with van der Waals surface area (Å²) >= 11 is 3.30. The maximum atomic E-state index is 13.9. The molecule has 3 rings (SSSR count). The topological polar surface area (TPSA) is 12.0 Å². The van der Waals surface area contributed by atoms with Crippen LogP contribution in [0.2, 0.25) is 0 Å². The Morgan fingerprint density at radius 2 is 1.83 bits per heavy atom. The molecule has 2 aliphatic carbocycles. The largest absolute Gasteiger partial charge is 0.307 e. The molecule has 3 heteroatoms. The van der Waals surface area contributed by atoms with Gasteiger partial charge in [-0.25, -0.2) is 4.39 Å². The van der Waals surface area contributed by atoms with Crippen LogP contribution in [0.4, 0.5) is 4.39 Å². The van der Waals surface area contributed by atoms with Crippen LogP contribution in [-0.4, -0.2) is 6.04 Å². The smallest absolute Gasteiger partial charge is 0.129 e. The molecule has 1 aromatic carbocycles. The molecule has 2 fully saturated rings. The van der Waals surface area contributed by atoms with E-state index in [0.717, 1.165) is 21.9 Å². The van der Waals surface area contributed by atoms with Crippen LogP contribution in [0.1, 0.15) is 44.2 Å². The summed E-state index contributed by atoms with van der Waals surface area (Å²) in [5, 5.41) is 3.66. The summed E-state index contributed by atoms with van der Waals surface area (Å²) in [5.74, 6) is 1.58. The minimum Gasteiger partial charge on any atom is -0.307 e. The van der Waals surface area contributed by atoms with E-state index < -0.39 is 0 Å². The quantitative estimate of drug-likeness (QED) is 0.848. The van der Waals surface area contributed by atoms with Crippen LogP contribution < -0.4 is 5.32 Å². The normalized spacial score (nSPS) is 21.3. The maximum absolute atomic E-state index is 13.9. The molecule has 0 heterocycles. The van der Waals surface area contributed by atoms with Gasteiger partial charge in [0.2, 0.25) is 0 Å². The number of hydrogen-bond donors (Lipinski definition) is 1. The van der Waals surface area contributed by atoms with E-state index in [9.17, 15) is 4.39 Å². The van der Waals surface area contributed by atoms with Crippen LogP contribution in [0.3, 0.4) is 0 Å². The lowest BCUT2D eigenvalue weighted by Crippen LogP contribution is -2.35. The van der Waals surface area contributed by atoms with Crippen molar-refractivity contribution in [3.05, 3.63) is 34.1 Å². The Morgan fingerprint density at radius 3 is 2.33 bits per heavy atom. The summed E-state index contributed by atoms with van der Waals surface area (Å²) in [6.07, 6.45) is 5.40. The number of nitrogens with one attached hydrogen (secondary N) is 1. The van der Waals surface area contributed by atoms with Gasteiger partial charge in [0, 0.05) is 22.1 Å². The van der Waals surface area contributed by atoms with E-state index in [-0.39, 0.29) is 11.9 Å². The molecule has 0 aromatic heterocycles. The number of rotatable bonds is 5. The van der Waals surface area contributed by atoms with E-state index in [2.05, 4.69) is 28.2 Å². The molecule has 1 nitrogen and oxygen atoms in total. The average molecular weight is 312 g/mol. The van der Waals surface area contributed by atoms with Crippen molar-refractivity contribution >= 4 is 15.9 Å². The summed E-state index contributed by atoms with van der Waals surface area (Å²) in [6, 6.07) is 6.07. The first-order valence-corrected chi connectivity index (χ1v) is 7.65. The predicted octanol–water partition coefficient (Wildman–Crippen LogP) is 4.43. The molecule has 1 aromatic rings. The van der Waals surface area contributed by atoms with Crippen molar-refractivity contribution in [2.45, 2.75) is 44.7 Å². The molecule has 2 saturated carbocycles. The molecule has 0 spiro atoms. The van der Waals surface area contributed by atoms with Crippen molar-refractivity contribution in [2.24, 2.45) is 11.8 Å². The van der Waals surface area contributed by atoms with E-state index in [1.807, 2.05) is 12.1 Å². The molecular weight excluding hydrogens is 293 g/mol. The molecule has 2 aliphatic rings. The lowest BCUT2D eigenvalue weighted by Gasteiger charge is -2.24. The van der Waals surface area contributed by atoms with E-state index >= 15 is 0 Å². The number of halogens is 2. The second kappa shape index (κ2) is 4.93. The molecule has 0 aliphatic heterocycles. The first-order valence-electron chi connectivity index (χ1n) is 6.86. The standard InChI is InChI=1S/C15H19BrFN/c1-9(13-7-6-12(16)8-14(13)17)18-15(10-2-3-10)11-4-5-11/h6-11,15,18H,2-5H2,1H3. The zero-order valence-corrected chi connectivity index (χ0v) is 12.2. The van der Waals surface area contributed by atoms with Gasteiger partial charge < -0.3 is 5.32 Å². The van der Waals surface area contributed by atoms with Gasteiger partial charge in [0.25, 0.3) is 0 Å². The highest BCUT2D eigenvalue weighted by Crippen LogP contribution is 2.45. The molecule has 0 bridgehead atoms. The SMILES string of the molecule is CC(NC(C1CC1)C1CC1)c1ccc(Br)cc1F. The van der Waals surface area contributed by atoms with Crippen molar-refractivity contribution in [1.29, 1.82) is 0 Å². The van der Waals surface area contributed by atoms with Gasteiger partial charge in [-0.05, 0) is 56.6 Å². The van der Waals surface area contributed by atoms with Crippen LogP contribution in [0, 0.1) is 17.7 Å². The third kappa shape index (κ3) is 2.77. The van der Waals surface area contributed by atoms with Gasteiger partial charge >= 0.3 is 0 Å². The van der Waals surface area contributed by atoms with Gasteiger partial charge in [-0.2, -0.15) is 0 Å². The van der Waals surface area contributed by atoms with Crippen molar-refractivity contribution in [1.82, 2.24) is 5.32 Å². The van der Waals surface area contributed by atoms with Crippen molar-refractivity contribution < 1.29 is 4.39 Å². The fraction of sp³-hybridized carbons (Fsp3) is 0.600. The Morgan fingerprint density at radius 1 is 1.22 bits per heavy atom. The molecule has 18 heavy (non-hydrogen) atoms. The summed E-state index contributed by atoms with van der Waals surface area (Å²) < 4.78 is 14.7. The van der Waals surface area contributed by atoms with Crippen molar-refractivity contribution in [3.63, 3.8) is 0 Å². The Labute approximate surface area is 116 Å². The summed E-state index contributed by atoms with van der Waals surface area (Å²) in [5.41, 5.74) is 0.782. The summed E-state index contributed by atoms with van der Waals surface area (Å²) in [6.45, 7) is 2.07. The Bertz CT molecular complexity index is 428. The summed E-state index contributed by atoms with van der Waals surface area (Å²) in [7, 11) is 0. The zero-order chi connectivity index (χ0) is 12.7. The lowest BCUT2D eigenvalue weighted by atomic mass is 10.0. The number of hydrogen-bond acceptors (Lipinski definition) is 1. The highest BCUT2D eigenvalue weighted by molar-refractivity contribution is 9.10. The van der Waals surface area contributed by atoms with Crippen LogP contribution in [0.5, 0.6) is 0 Å². The van der Waals surface area contributed by atoms with Crippen molar-refractivity contribution in [3.8, 4) is 0 Å². The molecule has 0 amide bonds. The van der Waals surface area contributed by atoms with Crippen LogP contribution >= 0.6 is 15.9 Å². The van der Waals surface area contributed by atoms with E-state index in [1.54, 1.807) is 6.07 Å². The Hall–Kier alpha value is -0.410. The van der Waals surface area contributed by atoms with E-state index in [0.29, 0.717) is 6.04 Å². The first-order chi connectivity index (χ1) is 8.65. The van der Waals surface area contributed by atoms with Gasteiger partial charge in [-0.3, -0.25) is 0 Å². The van der Waals surface area contributed by atoms with Gasteiger partial charge in [0.15, 0.2) is 0 Å². The van der Waals surface area contributed by atoms with Gasteiger partial charge in [-0.15, -0.1) is 0 Å². The second-order valence-electron chi connectivity index (χ2n) is 5.75. The highest BCUT2D eigenvalue weighted by atomic mass is 79.9. The molecule has 0 saturated heterocycles. The minimum atomic E-state index is -0.116. The van der Waals surface area contributed by atoms with Crippen LogP contribution in [-0.2, 0) is 0 Å². The Kier molecular flexibility index (Phi) is 3.46. The monoisotopic (exact) mass is 311 g/mol. The van der Waals surface area contributed by atoms with Gasteiger partial charge in [0.05, 0.1) is 0 Å². The third-order valence-corrected chi connectivity index (χ3v) is 4.62. The van der Waals surface area contributed by atoms with Crippen LogP contribution in [0.25, 0.3) is 0 Å². The minimum absolute atomic E-state index is 0.101. The predicted molar refractivity (Wildman–Crippen MR) is 74.9 cm³/mol. The highest BCUT2D eigenvalue weighted by Gasteiger charge is 2.41. The molecule has 1 atom stereocenters. The fourth-order valence-electron chi connectivity index (χ4n) is 2.80. The maximum Gasteiger partial charge on any atom is 0.129 e. The molecular formula is C15H19BrFN. The first kappa shape index (κ1) is 12.6. The van der Waals surface area contributed by atoms with Crippen molar-refractivity contribution in [2.75, 3.05) is 0 Å². The molecule has 98 valence electrons. The molecule has 0 radical (unpaired) electrons. The van der Waals surface area contributed by atoms with E-state index in [1.165, 1.54) is 25.7 Å². The molecule has 1 N–H and O–H groups in total. The average Bonchev–Trinajstić information content (AvgIpc) is 3.17.